The van der Waals surface area contributed by atoms with Crippen molar-refractivity contribution in [2.75, 3.05) is 34.6 Å². The number of nitrogens with one attached hydrogen (secondary N) is 1. The van der Waals surface area contributed by atoms with Crippen molar-refractivity contribution in [3.8, 4) is 17.2 Å². The third kappa shape index (κ3) is 3.29. The molecule has 0 bridgehead atoms. The summed E-state index contributed by atoms with van der Waals surface area (Å²) in [6.07, 6.45) is 0. The van der Waals surface area contributed by atoms with Crippen molar-refractivity contribution in [1.82, 2.24) is 5.32 Å². The summed E-state index contributed by atoms with van der Waals surface area (Å²) in [6, 6.07) is 3.52. The van der Waals surface area contributed by atoms with Gasteiger partial charge in [-0.25, -0.2) is 4.79 Å². The van der Waals surface area contributed by atoms with Crippen molar-refractivity contribution < 1.29 is 23.7 Å². The largest absolute Gasteiger partial charge is 0.493 e. The van der Waals surface area contributed by atoms with Gasteiger partial charge >= 0.3 is 5.97 Å². The molecule has 0 saturated heterocycles. The van der Waals surface area contributed by atoms with Crippen LogP contribution in [-0.4, -0.2) is 46.3 Å². The fraction of sp³-hybridized carbons (Fsp3) is 0.412. The predicted octanol–water partition coefficient (Wildman–Crippen LogP) is 1.90. The van der Waals surface area contributed by atoms with Gasteiger partial charge < -0.3 is 24.3 Å². The van der Waals surface area contributed by atoms with Crippen LogP contribution >= 0.6 is 0 Å². The van der Waals surface area contributed by atoms with Gasteiger partial charge in [0.05, 0.1) is 33.6 Å². The van der Waals surface area contributed by atoms with Crippen LogP contribution in [0.15, 0.2) is 28.4 Å². The fourth-order valence-corrected chi connectivity index (χ4v) is 2.49. The van der Waals surface area contributed by atoms with Crippen LogP contribution in [0.4, 0.5) is 0 Å². The molecule has 0 fully saturated rings. The lowest BCUT2D eigenvalue weighted by Crippen LogP contribution is -2.29. The Labute approximate surface area is 141 Å². The Balaban J connectivity index is 2.57. The van der Waals surface area contributed by atoms with E-state index in [1.807, 2.05) is 6.92 Å². The summed E-state index contributed by atoms with van der Waals surface area (Å²) >= 11 is 0. The number of allylic oxidation sites excluding steroid dienone is 1. The lowest BCUT2D eigenvalue weighted by molar-refractivity contribution is -0.137. The Morgan fingerprint density at radius 2 is 1.79 bits per heavy atom. The standard InChI is InChI=1S/C17H22N2O5/c1-6-24-17(20)14-10(2)18-9-19-15(14)11-7-12(21-3)16(23-5)13(8-11)22-4/h7-8,18H,6,9H2,1-5H3. The third-order valence-corrected chi connectivity index (χ3v) is 3.61. The maximum atomic E-state index is 12.3. The molecule has 2 rings (SSSR count). The number of esters is 1. The molecule has 7 heteroatoms. The second-order valence-corrected chi connectivity index (χ2v) is 4.98. The lowest BCUT2D eigenvalue weighted by Gasteiger charge is -2.21. The summed E-state index contributed by atoms with van der Waals surface area (Å²) in [5.41, 5.74) is 2.34. The van der Waals surface area contributed by atoms with Gasteiger partial charge in [0, 0.05) is 11.3 Å². The molecule has 0 unspecified atom stereocenters. The van der Waals surface area contributed by atoms with Crippen LogP contribution in [0.25, 0.3) is 0 Å². The van der Waals surface area contributed by atoms with Gasteiger partial charge in [-0.3, -0.25) is 4.99 Å². The average Bonchev–Trinajstić information content (AvgIpc) is 2.60. The zero-order valence-electron chi connectivity index (χ0n) is 14.6. The minimum absolute atomic E-state index is 0.290. The number of hydrogen-bond acceptors (Lipinski definition) is 7. The van der Waals surface area contributed by atoms with E-state index in [4.69, 9.17) is 18.9 Å². The van der Waals surface area contributed by atoms with Crippen LogP contribution in [0, 0.1) is 0 Å². The molecule has 1 aromatic carbocycles. The predicted molar refractivity (Wildman–Crippen MR) is 90.0 cm³/mol. The van der Waals surface area contributed by atoms with Crippen molar-refractivity contribution in [3.63, 3.8) is 0 Å². The molecule has 24 heavy (non-hydrogen) atoms. The van der Waals surface area contributed by atoms with Gasteiger partial charge in [0.15, 0.2) is 11.5 Å². The van der Waals surface area contributed by atoms with Crippen LogP contribution in [0.1, 0.15) is 19.4 Å². The van der Waals surface area contributed by atoms with E-state index < -0.39 is 5.97 Å². The van der Waals surface area contributed by atoms with Crippen LogP contribution < -0.4 is 19.5 Å². The Hall–Kier alpha value is -2.70. The highest BCUT2D eigenvalue weighted by Gasteiger charge is 2.26. The maximum absolute atomic E-state index is 12.3. The molecular weight excluding hydrogens is 312 g/mol. The number of rotatable bonds is 6. The van der Waals surface area contributed by atoms with Gasteiger partial charge in [-0.1, -0.05) is 0 Å². The van der Waals surface area contributed by atoms with E-state index in [9.17, 15) is 4.79 Å². The Morgan fingerprint density at radius 1 is 1.17 bits per heavy atom. The Morgan fingerprint density at radius 3 is 2.29 bits per heavy atom. The molecule has 1 heterocycles. The number of carbonyl (C=O) groups excluding carboxylic acids is 1. The summed E-state index contributed by atoms with van der Waals surface area (Å²) in [5, 5.41) is 3.05. The molecule has 1 aromatic rings. The topological polar surface area (TPSA) is 78.4 Å². The molecule has 0 spiro atoms. The molecule has 0 aliphatic carbocycles. The number of ether oxygens (including phenoxy) is 4. The summed E-state index contributed by atoms with van der Waals surface area (Å²) in [7, 11) is 4.62. The lowest BCUT2D eigenvalue weighted by atomic mass is 9.98. The molecule has 1 N–H and O–H groups in total. The smallest absolute Gasteiger partial charge is 0.342 e. The molecule has 1 aliphatic heterocycles. The van der Waals surface area contributed by atoms with E-state index in [-0.39, 0.29) is 6.61 Å². The van der Waals surface area contributed by atoms with Crippen LogP contribution in [-0.2, 0) is 9.53 Å². The number of nitrogens with zero attached hydrogens (tertiary/aromatic N) is 1. The second kappa shape index (κ2) is 7.72. The minimum atomic E-state index is -0.422. The minimum Gasteiger partial charge on any atom is -0.493 e. The van der Waals surface area contributed by atoms with Crippen molar-refractivity contribution >= 4 is 11.7 Å². The third-order valence-electron chi connectivity index (χ3n) is 3.61. The van der Waals surface area contributed by atoms with Crippen LogP contribution in [0.3, 0.4) is 0 Å². The van der Waals surface area contributed by atoms with E-state index in [1.165, 1.54) is 7.11 Å². The first-order chi connectivity index (χ1) is 11.6. The van der Waals surface area contributed by atoms with Gasteiger partial charge in [0.1, 0.15) is 12.2 Å². The molecule has 0 aromatic heterocycles. The highest BCUT2D eigenvalue weighted by molar-refractivity contribution is 6.27. The van der Waals surface area contributed by atoms with Crippen molar-refractivity contribution in [2.45, 2.75) is 13.8 Å². The molecule has 0 radical (unpaired) electrons. The first-order valence-corrected chi connectivity index (χ1v) is 7.54. The van der Waals surface area contributed by atoms with Gasteiger partial charge in [0.25, 0.3) is 0 Å². The summed E-state index contributed by atoms with van der Waals surface area (Å²) < 4.78 is 21.2. The number of aliphatic imine (C=N–C) groups is 1. The highest BCUT2D eigenvalue weighted by atomic mass is 16.5. The van der Waals surface area contributed by atoms with Gasteiger partial charge in [0.2, 0.25) is 5.75 Å². The van der Waals surface area contributed by atoms with Crippen molar-refractivity contribution in [2.24, 2.45) is 4.99 Å². The van der Waals surface area contributed by atoms with E-state index in [1.54, 1.807) is 33.3 Å². The number of hydrogen-bond donors (Lipinski definition) is 1. The van der Waals surface area contributed by atoms with E-state index in [2.05, 4.69) is 10.3 Å². The molecule has 130 valence electrons. The maximum Gasteiger partial charge on any atom is 0.342 e. The Kier molecular flexibility index (Phi) is 5.68. The van der Waals surface area contributed by atoms with E-state index >= 15 is 0 Å². The SMILES string of the molecule is CCOC(=O)C1=C(C)NCN=C1c1cc(OC)c(OC)c(OC)c1. The zero-order valence-corrected chi connectivity index (χ0v) is 14.6. The fourth-order valence-electron chi connectivity index (χ4n) is 2.49. The summed E-state index contributed by atoms with van der Waals surface area (Å²) in [5.74, 6) is 1.05. The van der Waals surface area contributed by atoms with Gasteiger partial charge in [-0.2, -0.15) is 0 Å². The number of methoxy groups -OCH3 is 3. The first kappa shape index (κ1) is 17.7. The zero-order chi connectivity index (χ0) is 17.7. The molecule has 0 atom stereocenters. The molecule has 0 saturated carbocycles. The first-order valence-electron chi connectivity index (χ1n) is 7.54. The molecule has 1 aliphatic rings. The van der Waals surface area contributed by atoms with Gasteiger partial charge in [-0.15, -0.1) is 0 Å². The number of benzene rings is 1. The molecular formula is C17H22N2O5. The quantitative estimate of drug-likeness (QED) is 0.801. The summed E-state index contributed by atoms with van der Waals surface area (Å²) in [4.78, 5) is 16.8. The van der Waals surface area contributed by atoms with Crippen molar-refractivity contribution in [3.05, 3.63) is 29.0 Å². The van der Waals surface area contributed by atoms with E-state index in [0.29, 0.717) is 46.5 Å². The van der Waals surface area contributed by atoms with E-state index in [0.717, 1.165) is 0 Å². The monoisotopic (exact) mass is 334 g/mol. The normalized spacial score (nSPS) is 13.8. The molecule has 7 nitrogen and oxygen atoms in total. The Bertz CT molecular complexity index is 669. The number of carbonyl (C=O) groups is 1. The average molecular weight is 334 g/mol. The molecule has 0 amide bonds. The van der Waals surface area contributed by atoms with Crippen LogP contribution in [0.2, 0.25) is 0 Å². The highest BCUT2D eigenvalue weighted by Crippen LogP contribution is 2.39. The second-order valence-electron chi connectivity index (χ2n) is 4.98. The summed E-state index contributed by atoms with van der Waals surface area (Å²) in [6.45, 7) is 4.25. The van der Waals surface area contributed by atoms with Crippen LogP contribution in [0.5, 0.6) is 17.2 Å². The van der Waals surface area contributed by atoms with Crippen molar-refractivity contribution in [1.29, 1.82) is 0 Å². The van der Waals surface area contributed by atoms with Gasteiger partial charge in [-0.05, 0) is 26.0 Å².